The number of hydrogen-bond acceptors (Lipinski definition) is 1. The van der Waals surface area contributed by atoms with Crippen molar-refractivity contribution in [2.75, 3.05) is 0 Å². The zero-order valence-corrected chi connectivity index (χ0v) is 8.59. The summed E-state index contributed by atoms with van der Waals surface area (Å²) in [6.07, 6.45) is 8.48. The zero-order valence-electron chi connectivity index (χ0n) is 8.59. The third-order valence-corrected chi connectivity index (χ3v) is 2.87. The van der Waals surface area contributed by atoms with Crippen molar-refractivity contribution in [2.45, 2.75) is 5.92 Å². The summed E-state index contributed by atoms with van der Waals surface area (Å²) in [6, 6.07) is 8.24. The predicted molar refractivity (Wildman–Crippen MR) is 61.7 cm³/mol. The van der Waals surface area contributed by atoms with Gasteiger partial charge >= 0.3 is 0 Å². The Morgan fingerprint density at radius 1 is 1.13 bits per heavy atom. The number of para-hydroxylation sites is 2. The van der Waals surface area contributed by atoms with Crippen molar-refractivity contribution >= 4 is 11.0 Å². The van der Waals surface area contributed by atoms with Crippen LogP contribution >= 0.6 is 0 Å². The Morgan fingerprint density at radius 3 is 2.60 bits per heavy atom. The standard InChI is InChI=1S/C13H12N2/c1-15-12-9-5-4-8-11(12)14-13(15)10-6-2-3-7-10/h2-10H,1H3. The minimum Gasteiger partial charge on any atom is -0.330 e. The Labute approximate surface area is 88.6 Å². The normalized spacial score (nSPS) is 15.5. The fraction of sp³-hybridized carbons (Fsp3) is 0.154. The third-order valence-electron chi connectivity index (χ3n) is 2.87. The molecule has 74 valence electrons. The van der Waals surface area contributed by atoms with Gasteiger partial charge in [-0.1, -0.05) is 36.4 Å². The van der Waals surface area contributed by atoms with Crippen LogP contribution in [0.25, 0.3) is 11.0 Å². The van der Waals surface area contributed by atoms with E-state index in [1.807, 2.05) is 12.1 Å². The van der Waals surface area contributed by atoms with E-state index in [9.17, 15) is 0 Å². The van der Waals surface area contributed by atoms with Crippen LogP contribution in [0.1, 0.15) is 11.7 Å². The third kappa shape index (κ3) is 1.22. The number of allylic oxidation sites excluding steroid dienone is 4. The molecule has 0 saturated heterocycles. The van der Waals surface area contributed by atoms with Gasteiger partial charge in [0.15, 0.2) is 0 Å². The van der Waals surface area contributed by atoms with E-state index in [1.165, 1.54) is 5.52 Å². The molecule has 3 rings (SSSR count). The molecule has 15 heavy (non-hydrogen) atoms. The molecule has 2 heteroatoms. The lowest BCUT2D eigenvalue weighted by atomic mass is 10.1. The van der Waals surface area contributed by atoms with Gasteiger partial charge in [-0.25, -0.2) is 4.98 Å². The molecule has 1 aliphatic rings. The molecule has 1 aromatic heterocycles. The van der Waals surface area contributed by atoms with Crippen molar-refractivity contribution in [3.05, 3.63) is 54.4 Å². The molecular formula is C13H12N2. The number of aromatic nitrogens is 2. The second-order valence-electron chi connectivity index (χ2n) is 3.81. The zero-order chi connectivity index (χ0) is 10.3. The van der Waals surface area contributed by atoms with E-state index in [1.54, 1.807) is 0 Å². The summed E-state index contributed by atoms with van der Waals surface area (Å²) in [6.45, 7) is 0. The number of aryl methyl sites for hydroxylation is 1. The Balaban J connectivity index is 2.23. The second-order valence-corrected chi connectivity index (χ2v) is 3.81. The lowest BCUT2D eigenvalue weighted by Gasteiger charge is -2.05. The van der Waals surface area contributed by atoms with E-state index in [2.05, 4.69) is 53.0 Å². The van der Waals surface area contributed by atoms with Crippen LogP contribution in [0.5, 0.6) is 0 Å². The molecule has 2 aromatic rings. The summed E-state index contributed by atoms with van der Waals surface area (Å²) in [4.78, 5) is 4.65. The molecule has 0 aliphatic heterocycles. The monoisotopic (exact) mass is 196 g/mol. The number of hydrogen-bond donors (Lipinski definition) is 0. The van der Waals surface area contributed by atoms with E-state index in [-0.39, 0.29) is 0 Å². The van der Waals surface area contributed by atoms with Crippen LogP contribution < -0.4 is 0 Å². The Hall–Kier alpha value is -1.83. The first kappa shape index (κ1) is 8.48. The molecule has 0 N–H and O–H groups in total. The maximum atomic E-state index is 4.65. The van der Waals surface area contributed by atoms with Gasteiger partial charge in [0.2, 0.25) is 0 Å². The van der Waals surface area contributed by atoms with Crippen LogP contribution in [0.3, 0.4) is 0 Å². The molecule has 2 nitrogen and oxygen atoms in total. The first-order valence-corrected chi connectivity index (χ1v) is 5.12. The van der Waals surface area contributed by atoms with Gasteiger partial charge in [0, 0.05) is 7.05 Å². The van der Waals surface area contributed by atoms with Gasteiger partial charge in [-0.2, -0.15) is 0 Å². The van der Waals surface area contributed by atoms with Crippen molar-refractivity contribution in [3.8, 4) is 0 Å². The van der Waals surface area contributed by atoms with Crippen LogP contribution in [0.2, 0.25) is 0 Å². The second kappa shape index (κ2) is 3.09. The highest BCUT2D eigenvalue weighted by molar-refractivity contribution is 5.76. The highest BCUT2D eigenvalue weighted by Gasteiger charge is 2.14. The van der Waals surface area contributed by atoms with Crippen molar-refractivity contribution in [1.29, 1.82) is 0 Å². The van der Waals surface area contributed by atoms with Crippen LogP contribution in [0.4, 0.5) is 0 Å². The summed E-state index contributed by atoms with van der Waals surface area (Å²) >= 11 is 0. The lowest BCUT2D eigenvalue weighted by molar-refractivity contribution is 0.814. The summed E-state index contributed by atoms with van der Waals surface area (Å²) in [5, 5.41) is 0. The quantitative estimate of drug-likeness (QED) is 0.685. The summed E-state index contributed by atoms with van der Waals surface area (Å²) in [5.74, 6) is 1.45. The average Bonchev–Trinajstić information content (AvgIpc) is 2.87. The van der Waals surface area contributed by atoms with Gasteiger partial charge in [-0.15, -0.1) is 0 Å². The summed E-state index contributed by atoms with van der Waals surface area (Å²) in [5.41, 5.74) is 2.27. The highest BCUT2D eigenvalue weighted by atomic mass is 15.1. The van der Waals surface area contributed by atoms with E-state index in [0.717, 1.165) is 11.3 Å². The van der Waals surface area contributed by atoms with E-state index in [4.69, 9.17) is 0 Å². The number of imidazole rings is 1. The topological polar surface area (TPSA) is 17.8 Å². The SMILES string of the molecule is Cn1c(C2C=CC=C2)nc2ccccc21. The summed E-state index contributed by atoms with van der Waals surface area (Å²) in [7, 11) is 2.07. The number of rotatable bonds is 1. The minimum absolute atomic E-state index is 0.336. The lowest BCUT2D eigenvalue weighted by Crippen LogP contribution is -2.00. The first-order valence-electron chi connectivity index (χ1n) is 5.12. The molecule has 0 radical (unpaired) electrons. The van der Waals surface area contributed by atoms with Crippen LogP contribution in [0, 0.1) is 0 Å². The van der Waals surface area contributed by atoms with Crippen molar-refractivity contribution in [2.24, 2.45) is 7.05 Å². The Bertz CT molecular complexity index is 549. The largest absolute Gasteiger partial charge is 0.330 e. The van der Waals surface area contributed by atoms with Gasteiger partial charge in [0.25, 0.3) is 0 Å². The smallest absolute Gasteiger partial charge is 0.120 e. The van der Waals surface area contributed by atoms with E-state index < -0.39 is 0 Å². The Morgan fingerprint density at radius 2 is 1.87 bits per heavy atom. The molecule has 0 amide bonds. The van der Waals surface area contributed by atoms with Crippen molar-refractivity contribution in [3.63, 3.8) is 0 Å². The van der Waals surface area contributed by atoms with E-state index in [0.29, 0.717) is 5.92 Å². The van der Waals surface area contributed by atoms with Crippen LogP contribution in [0.15, 0.2) is 48.6 Å². The molecule has 0 atom stereocenters. The van der Waals surface area contributed by atoms with E-state index >= 15 is 0 Å². The average molecular weight is 196 g/mol. The molecule has 0 saturated carbocycles. The number of fused-ring (bicyclic) bond motifs is 1. The van der Waals surface area contributed by atoms with Crippen molar-refractivity contribution < 1.29 is 0 Å². The van der Waals surface area contributed by atoms with Crippen molar-refractivity contribution in [1.82, 2.24) is 9.55 Å². The fourth-order valence-electron chi connectivity index (χ4n) is 2.07. The van der Waals surface area contributed by atoms with Crippen LogP contribution in [-0.2, 0) is 7.05 Å². The Kier molecular flexibility index (Phi) is 1.75. The molecule has 0 bridgehead atoms. The molecule has 0 unspecified atom stereocenters. The van der Waals surface area contributed by atoms with Gasteiger partial charge in [-0.3, -0.25) is 0 Å². The number of benzene rings is 1. The van der Waals surface area contributed by atoms with Gasteiger partial charge in [0.1, 0.15) is 5.82 Å². The van der Waals surface area contributed by atoms with Gasteiger partial charge in [0.05, 0.1) is 17.0 Å². The maximum absolute atomic E-state index is 4.65. The summed E-state index contributed by atoms with van der Waals surface area (Å²) < 4.78 is 2.17. The van der Waals surface area contributed by atoms with Crippen LogP contribution in [-0.4, -0.2) is 9.55 Å². The number of nitrogens with zero attached hydrogens (tertiary/aromatic N) is 2. The molecule has 0 fully saturated rings. The van der Waals surface area contributed by atoms with Gasteiger partial charge in [-0.05, 0) is 12.1 Å². The molecular weight excluding hydrogens is 184 g/mol. The fourth-order valence-corrected chi connectivity index (χ4v) is 2.07. The molecule has 1 heterocycles. The first-order chi connectivity index (χ1) is 7.36. The van der Waals surface area contributed by atoms with Gasteiger partial charge < -0.3 is 4.57 Å². The highest BCUT2D eigenvalue weighted by Crippen LogP contribution is 2.25. The predicted octanol–water partition coefficient (Wildman–Crippen LogP) is 2.78. The minimum atomic E-state index is 0.336. The molecule has 1 aromatic carbocycles. The molecule has 0 spiro atoms. The maximum Gasteiger partial charge on any atom is 0.120 e. The molecule has 1 aliphatic carbocycles.